The van der Waals surface area contributed by atoms with E-state index in [9.17, 15) is 0 Å². The number of para-hydroxylation sites is 2. The Morgan fingerprint density at radius 2 is 1.56 bits per heavy atom. The van der Waals surface area contributed by atoms with E-state index < -0.39 is 0 Å². The number of anilines is 1. The average Bonchev–Trinajstić information content (AvgIpc) is 2.67. The Hall–Kier alpha value is -3.40. The highest BCUT2D eigenvalue weighted by molar-refractivity contribution is 6.07. The van der Waals surface area contributed by atoms with Crippen LogP contribution in [0.3, 0.4) is 0 Å². The van der Waals surface area contributed by atoms with Crippen LogP contribution in [-0.2, 0) is 0 Å². The molecule has 4 aromatic rings. The van der Waals surface area contributed by atoms with Gasteiger partial charge in [-0.05, 0) is 29.8 Å². The van der Waals surface area contributed by atoms with E-state index in [2.05, 4.69) is 22.7 Å². The van der Waals surface area contributed by atoms with Gasteiger partial charge in [-0.1, -0.05) is 48.5 Å². The van der Waals surface area contributed by atoms with Gasteiger partial charge in [0.2, 0.25) is 0 Å². The van der Waals surface area contributed by atoms with Gasteiger partial charge in [-0.15, -0.1) is 0 Å². The van der Waals surface area contributed by atoms with E-state index in [0.717, 1.165) is 38.8 Å². The number of rotatable bonds is 4. The molecule has 0 fully saturated rings. The molecule has 3 aromatic carbocycles. The summed E-state index contributed by atoms with van der Waals surface area (Å²) in [4.78, 5) is 4.72. The van der Waals surface area contributed by atoms with Gasteiger partial charge in [0.25, 0.3) is 0 Å². The smallest absolute Gasteiger partial charge is 0.119 e. The number of ether oxygens (including phenoxy) is 1. The standard InChI is InChI=1S/C21H17N3O/c1-25-16-8-6-7-15(13-16)14-22-24-21-17-9-2-4-11-19(17)23-20-12-5-3-10-18(20)21/h2-14H,1H3,(H,23,24)/b22-14+. The minimum absolute atomic E-state index is 0.809. The second kappa shape index (κ2) is 6.61. The van der Waals surface area contributed by atoms with Crippen LogP contribution >= 0.6 is 0 Å². The second-order valence-corrected chi connectivity index (χ2v) is 5.67. The first-order valence-electron chi connectivity index (χ1n) is 8.06. The van der Waals surface area contributed by atoms with Crippen molar-refractivity contribution in [3.05, 3.63) is 78.4 Å². The van der Waals surface area contributed by atoms with Gasteiger partial charge < -0.3 is 4.74 Å². The zero-order valence-electron chi connectivity index (χ0n) is 13.8. The lowest BCUT2D eigenvalue weighted by Gasteiger charge is -2.10. The maximum absolute atomic E-state index is 5.24. The SMILES string of the molecule is COc1cccc(/C=N/Nc2c3ccccc3nc3ccccc23)c1. The molecule has 4 nitrogen and oxygen atoms in total. The van der Waals surface area contributed by atoms with Crippen molar-refractivity contribution >= 4 is 33.7 Å². The molecule has 0 saturated heterocycles. The first-order valence-corrected chi connectivity index (χ1v) is 8.06. The Balaban J connectivity index is 1.75. The Kier molecular flexibility index (Phi) is 4.01. The molecule has 0 bridgehead atoms. The number of benzene rings is 3. The maximum atomic E-state index is 5.24. The molecule has 0 radical (unpaired) electrons. The minimum Gasteiger partial charge on any atom is -0.497 e. The Morgan fingerprint density at radius 3 is 2.24 bits per heavy atom. The number of nitrogens with one attached hydrogen (secondary N) is 1. The van der Waals surface area contributed by atoms with Crippen LogP contribution in [0.15, 0.2) is 77.9 Å². The van der Waals surface area contributed by atoms with E-state index >= 15 is 0 Å². The fourth-order valence-electron chi connectivity index (χ4n) is 2.85. The van der Waals surface area contributed by atoms with Crippen molar-refractivity contribution < 1.29 is 4.74 Å². The van der Waals surface area contributed by atoms with Crippen molar-refractivity contribution in [3.8, 4) is 5.75 Å². The van der Waals surface area contributed by atoms with Crippen LogP contribution in [0.5, 0.6) is 5.75 Å². The van der Waals surface area contributed by atoms with E-state index in [1.165, 1.54) is 0 Å². The van der Waals surface area contributed by atoms with E-state index in [4.69, 9.17) is 9.72 Å². The van der Waals surface area contributed by atoms with Gasteiger partial charge in [-0.25, -0.2) is 4.98 Å². The van der Waals surface area contributed by atoms with Crippen LogP contribution in [-0.4, -0.2) is 18.3 Å². The topological polar surface area (TPSA) is 46.5 Å². The predicted molar refractivity (Wildman–Crippen MR) is 103 cm³/mol. The van der Waals surface area contributed by atoms with Gasteiger partial charge in [0, 0.05) is 10.8 Å². The van der Waals surface area contributed by atoms with Gasteiger partial charge in [0.1, 0.15) is 5.75 Å². The number of methoxy groups -OCH3 is 1. The third kappa shape index (κ3) is 3.02. The molecule has 1 aromatic heterocycles. The predicted octanol–water partition coefficient (Wildman–Crippen LogP) is 4.84. The number of hydrogen-bond acceptors (Lipinski definition) is 4. The summed E-state index contributed by atoms with van der Waals surface area (Å²) < 4.78 is 5.24. The fourth-order valence-corrected chi connectivity index (χ4v) is 2.85. The molecule has 122 valence electrons. The molecule has 25 heavy (non-hydrogen) atoms. The van der Waals surface area contributed by atoms with Crippen LogP contribution < -0.4 is 10.2 Å². The van der Waals surface area contributed by atoms with Gasteiger partial charge in [-0.2, -0.15) is 5.10 Å². The highest BCUT2D eigenvalue weighted by Crippen LogP contribution is 2.30. The van der Waals surface area contributed by atoms with Crippen molar-refractivity contribution in [1.82, 2.24) is 4.98 Å². The number of aromatic nitrogens is 1. The van der Waals surface area contributed by atoms with Crippen LogP contribution in [0, 0.1) is 0 Å². The molecule has 1 heterocycles. The van der Waals surface area contributed by atoms with Crippen molar-refractivity contribution in [2.45, 2.75) is 0 Å². The molecule has 0 atom stereocenters. The van der Waals surface area contributed by atoms with Crippen molar-refractivity contribution in [2.75, 3.05) is 12.5 Å². The number of hydrogen-bond donors (Lipinski definition) is 1. The molecule has 0 amide bonds. The summed E-state index contributed by atoms with van der Waals surface area (Å²) in [5.41, 5.74) is 7.02. The lowest BCUT2D eigenvalue weighted by atomic mass is 10.1. The molecule has 0 unspecified atom stereocenters. The second-order valence-electron chi connectivity index (χ2n) is 5.67. The number of pyridine rings is 1. The van der Waals surface area contributed by atoms with Crippen LogP contribution in [0.25, 0.3) is 21.8 Å². The molecular weight excluding hydrogens is 310 g/mol. The quantitative estimate of drug-likeness (QED) is 0.331. The van der Waals surface area contributed by atoms with E-state index in [-0.39, 0.29) is 0 Å². The summed E-state index contributed by atoms with van der Waals surface area (Å²) in [6, 6.07) is 23.9. The third-order valence-electron chi connectivity index (χ3n) is 4.07. The van der Waals surface area contributed by atoms with Crippen LogP contribution in [0.2, 0.25) is 0 Å². The fraction of sp³-hybridized carbons (Fsp3) is 0.0476. The summed E-state index contributed by atoms with van der Waals surface area (Å²) in [5.74, 6) is 0.809. The summed E-state index contributed by atoms with van der Waals surface area (Å²) in [6.45, 7) is 0. The number of fused-ring (bicyclic) bond motifs is 2. The molecule has 4 heteroatoms. The molecule has 0 aliphatic carbocycles. The van der Waals surface area contributed by atoms with Gasteiger partial charge in [0.05, 0.1) is 30.0 Å². The molecule has 0 aliphatic rings. The van der Waals surface area contributed by atoms with Crippen molar-refractivity contribution in [3.63, 3.8) is 0 Å². The largest absolute Gasteiger partial charge is 0.497 e. The summed E-state index contributed by atoms with van der Waals surface area (Å²) >= 11 is 0. The first kappa shape index (κ1) is 15.1. The average molecular weight is 327 g/mol. The normalized spacial score (nSPS) is 11.2. The van der Waals surface area contributed by atoms with Crippen molar-refractivity contribution in [1.29, 1.82) is 0 Å². The summed E-state index contributed by atoms with van der Waals surface area (Å²) in [6.07, 6.45) is 1.78. The first-order chi connectivity index (χ1) is 12.3. The van der Waals surface area contributed by atoms with Crippen LogP contribution in [0.1, 0.15) is 5.56 Å². The highest BCUT2D eigenvalue weighted by Gasteiger charge is 2.07. The monoisotopic (exact) mass is 327 g/mol. The Labute approximate surface area is 145 Å². The zero-order chi connectivity index (χ0) is 17.1. The molecule has 0 aliphatic heterocycles. The molecule has 0 saturated carbocycles. The van der Waals surface area contributed by atoms with Crippen LogP contribution in [0.4, 0.5) is 5.69 Å². The minimum atomic E-state index is 0.809. The van der Waals surface area contributed by atoms with E-state index in [1.807, 2.05) is 60.7 Å². The van der Waals surface area contributed by atoms with Gasteiger partial charge in [0.15, 0.2) is 0 Å². The molecule has 4 rings (SSSR count). The molecular formula is C21H17N3O. The van der Waals surface area contributed by atoms with E-state index in [0.29, 0.717) is 0 Å². The Bertz CT molecular complexity index is 1020. The van der Waals surface area contributed by atoms with Gasteiger partial charge in [-0.3, -0.25) is 5.43 Å². The highest BCUT2D eigenvalue weighted by atomic mass is 16.5. The van der Waals surface area contributed by atoms with Gasteiger partial charge >= 0.3 is 0 Å². The van der Waals surface area contributed by atoms with Crippen molar-refractivity contribution in [2.24, 2.45) is 5.10 Å². The lowest BCUT2D eigenvalue weighted by molar-refractivity contribution is 0.415. The third-order valence-corrected chi connectivity index (χ3v) is 4.07. The summed E-state index contributed by atoms with van der Waals surface area (Å²) in [7, 11) is 1.66. The maximum Gasteiger partial charge on any atom is 0.119 e. The lowest BCUT2D eigenvalue weighted by Crippen LogP contribution is -1.95. The zero-order valence-corrected chi connectivity index (χ0v) is 13.8. The number of hydrazone groups is 1. The molecule has 0 spiro atoms. The van der Waals surface area contributed by atoms with E-state index in [1.54, 1.807) is 13.3 Å². The number of nitrogens with zero attached hydrogens (tertiary/aromatic N) is 2. The summed E-state index contributed by atoms with van der Waals surface area (Å²) in [5, 5.41) is 6.52. The Morgan fingerprint density at radius 1 is 0.880 bits per heavy atom. The molecule has 1 N–H and O–H groups in total.